The average molecular weight is 424 g/mol. The highest BCUT2D eigenvalue weighted by Crippen LogP contribution is 2.44. The van der Waals surface area contributed by atoms with Gasteiger partial charge in [0.2, 0.25) is 0 Å². The van der Waals surface area contributed by atoms with E-state index in [0.717, 1.165) is 33.5 Å². The molecular formula is C24H29N3O4. The fraction of sp³-hybridized carbons (Fsp3) is 0.417. The Hall–Kier alpha value is -3.06. The lowest BCUT2D eigenvalue weighted by Crippen LogP contribution is -2.30. The summed E-state index contributed by atoms with van der Waals surface area (Å²) in [4.78, 5) is 28.8. The summed E-state index contributed by atoms with van der Waals surface area (Å²) >= 11 is 0. The summed E-state index contributed by atoms with van der Waals surface area (Å²) in [6.07, 6.45) is -0.947. The van der Waals surface area contributed by atoms with E-state index in [-0.39, 0.29) is 5.69 Å². The van der Waals surface area contributed by atoms with Crippen molar-refractivity contribution in [3.05, 3.63) is 51.4 Å². The van der Waals surface area contributed by atoms with Gasteiger partial charge in [0.25, 0.3) is 0 Å². The standard InChI is InChI=1S/C24H29N3O4/c1-13-7-9-15(10-8-13)17-16(21(22(28)30-6)31-24(3,4)5)14(2)18-20-19(17)26-23(29)27(20)12-11-25-18/h7-10,21,25H,11-12H2,1-6H3,(H,26,29)/t21-/m0/s1. The molecule has 0 unspecified atom stereocenters. The predicted octanol–water partition coefficient (Wildman–Crippen LogP) is 4.07. The third kappa shape index (κ3) is 3.63. The first-order valence-electron chi connectivity index (χ1n) is 10.5. The fourth-order valence-electron chi connectivity index (χ4n) is 4.30. The van der Waals surface area contributed by atoms with E-state index in [1.165, 1.54) is 7.11 Å². The Morgan fingerprint density at radius 3 is 2.45 bits per heavy atom. The lowest BCUT2D eigenvalue weighted by molar-refractivity contribution is -0.164. The Balaban J connectivity index is 2.14. The zero-order valence-corrected chi connectivity index (χ0v) is 18.9. The SMILES string of the molecule is COC(=O)[C@@H](OC(C)(C)C)c1c(C)c2c3c([nH]c(=O)n3CCN2)c1-c1ccc(C)cc1. The molecule has 2 heterocycles. The second-order valence-corrected chi connectivity index (χ2v) is 9.02. The van der Waals surface area contributed by atoms with Crippen LogP contribution in [0.5, 0.6) is 0 Å². The number of esters is 1. The molecule has 1 aromatic heterocycles. The monoisotopic (exact) mass is 423 g/mol. The van der Waals surface area contributed by atoms with Crippen molar-refractivity contribution in [3.63, 3.8) is 0 Å². The summed E-state index contributed by atoms with van der Waals surface area (Å²) < 4.78 is 13.1. The van der Waals surface area contributed by atoms with Gasteiger partial charge in [-0.15, -0.1) is 0 Å². The van der Waals surface area contributed by atoms with Crippen molar-refractivity contribution in [1.82, 2.24) is 9.55 Å². The molecule has 0 saturated heterocycles. The van der Waals surface area contributed by atoms with Gasteiger partial charge >= 0.3 is 11.7 Å². The lowest BCUT2D eigenvalue weighted by atomic mass is 9.88. The number of methoxy groups -OCH3 is 1. The van der Waals surface area contributed by atoms with Crippen molar-refractivity contribution in [1.29, 1.82) is 0 Å². The number of benzene rings is 2. The van der Waals surface area contributed by atoms with Gasteiger partial charge in [0.1, 0.15) is 0 Å². The van der Waals surface area contributed by atoms with E-state index in [0.29, 0.717) is 24.2 Å². The van der Waals surface area contributed by atoms with Crippen LogP contribution in [-0.2, 0) is 20.8 Å². The van der Waals surface area contributed by atoms with E-state index in [9.17, 15) is 9.59 Å². The number of hydrogen-bond donors (Lipinski definition) is 2. The van der Waals surface area contributed by atoms with Gasteiger partial charge < -0.3 is 19.8 Å². The van der Waals surface area contributed by atoms with Gasteiger partial charge in [-0.25, -0.2) is 9.59 Å². The highest BCUT2D eigenvalue weighted by atomic mass is 16.6. The number of nitrogens with one attached hydrogen (secondary N) is 2. The van der Waals surface area contributed by atoms with Crippen LogP contribution in [0.3, 0.4) is 0 Å². The first-order valence-corrected chi connectivity index (χ1v) is 10.5. The molecule has 0 radical (unpaired) electrons. The highest BCUT2D eigenvalue weighted by molar-refractivity contribution is 6.04. The van der Waals surface area contributed by atoms with Gasteiger partial charge in [-0.1, -0.05) is 29.8 Å². The number of hydrogen-bond acceptors (Lipinski definition) is 5. The number of ether oxygens (including phenoxy) is 2. The Bertz CT molecular complexity index is 1210. The van der Waals surface area contributed by atoms with Crippen LogP contribution in [0.25, 0.3) is 22.2 Å². The zero-order chi connectivity index (χ0) is 22.5. The maximum Gasteiger partial charge on any atom is 0.339 e. The summed E-state index contributed by atoms with van der Waals surface area (Å²) in [5.41, 5.74) is 6.01. The van der Waals surface area contributed by atoms with Gasteiger partial charge in [0.05, 0.1) is 29.4 Å². The molecule has 1 aliphatic heterocycles. The fourth-order valence-corrected chi connectivity index (χ4v) is 4.30. The van der Waals surface area contributed by atoms with Gasteiger partial charge in [-0.2, -0.15) is 0 Å². The van der Waals surface area contributed by atoms with Crippen molar-refractivity contribution in [2.75, 3.05) is 19.0 Å². The van der Waals surface area contributed by atoms with Gasteiger partial charge in [-0.3, -0.25) is 4.57 Å². The molecule has 1 aliphatic rings. The van der Waals surface area contributed by atoms with E-state index < -0.39 is 17.7 Å². The van der Waals surface area contributed by atoms with Crippen LogP contribution in [0, 0.1) is 13.8 Å². The molecule has 4 rings (SSSR count). The largest absolute Gasteiger partial charge is 0.467 e. The average Bonchev–Trinajstić information content (AvgIpc) is 3.06. The molecule has 0 saturated carbocycles. The second kappa shape index (κ2) is 7.57. The lowest BCUT2D eigenvalue weighted by Gasteiger charge is -2.30. The van der Waals surface area contributed by atoms with E-state index >= 15 is 0 Å². The molecule has 3 aromatic rings. The summed E-state index contributed by atoms with van der Waals surface area (Å²) in [7, 11) is 1.36. The Kier molecular flexibility index (Phi) is 5.17. The summed E-state index contributed by atoms with van der Waals surface area (Å²) in [6, 6.07) is 8.05. The first-order chi connectivity index (χ1) is 14.6. The van der Waals surface area contributed by atoms with Crippen LogP contribution in [0.4, 0.5) is 5.69 Å². The van der Waals surface area contributed by atoms with Crippen LogP contribution < -0.4 is 11.0 Å². The van der Waals surface area contributed by atoms with Crippen LogP contribution in [0.15, 0.2) is 29.1 Å². The molecule has 7 nitrogen and oxygen atoms in total. The molecule has 0 spiro atoms. The summed E-state index contributed by atoms with van der Waals surface area (Å²) in [5.74, 6) is -0.476. The topological polar surface area (TPSA) is 85.3 Å². The Morgan fingerprint density at radius 1 is 1.16 bits per heavy atom. The van der Waals surface area contributed by atoms with Crippen molar-refractivity contribution in [2.24, 2.45) is 0 Å². The predicted molar refractivity (Wildman–Crippen MR) is 122 cm³/mol. The normalized spacial score (nSPS) is 14.4. The van der Waals surface area contributed by atoms with E-state index in [1.807, 2.05) is 58.9 Å². The number of H-pyrrole nitrogens is 1. The molecule has 2 aromatic carbocycles. The number of carbonyl (C=O) groups is 1. The van der Waals surface area contributed by atoms with Crippen molar-refractivity contribution >= 4 is 22.7 Å². The van der Waals surface area contributed by atoms with Gasteiger partial charge in [0.15, 0.2) is 6.10 Å². The number of aromatic nitrogens is 2. The summed E-state index contributed by atoms with van der Waals surface area (Å²) in [6.45, 7) is 10.9. The number of nitrogens with zero attached hydrogens (tertiary/aromatic N) is 1. The van der Waals surface area contributed by atoms with Crippen molar-refractivity contribution in [2.45, 2.75) is 52.9 Å². The molecule has 31 heavy (non-hydrogen) atoms. The van der Waals surface area contributed by atoms with Crippen LogP contribution in [0.1, 0.15) is 43.6 Å². The quantitative estimate of drug-likeness (QED) is 0.618. The number of aryl methyl sites for hydroxylation is 1. The molecule has 2 N–H and O–H groups in total. The van der Waals surface area contributed by atoms with Crippen molar-refractivity contribution < 1.29 is 14.3 Å². The molecule has 0 bridgehead atoms. The van der Waals surface area contributed by atoms with Crippen LogP contribution >= 0.6 is 0 Å². The minimum absolute atomic E-state index is 0.158. The molecule has 0 amide bonds. The number of aromatic amines is 1. The number of rotatable bonds is 4. The second-order valence-electron chi connectivity index (χ2n) is 9.02. The van der Waals surface area contributed by atoms with Crippen LogP contribution in [-0.4, -0.2) is 34.8 Å². The molecule has 164 valence electrons. The smallest absolute Gasteiger partial charge is 0.339 e. The molecule has 1 atom stereocenters. The van der Waals surface area contributed by atoms with Crippen molar-refractivity contribution in [3.8, 4) is 11.1 Å². The highest BCUT2D eigenvalue weighted by Gasteiger charge is 2.35. The third-order valence-corrected chi connectivity index (χ3v) is 5.65. The van der Waals surface area contributed by atoms with E-state index in [1.54, 1.807) is 4.57 Å². The summed E-state index contributed by atoms with van der Waals surface area (Å²) in [5, 5.41) is 3.42. The Labute approximate surface area is 181 Å². The van der Waals surface area contributed by atoms with E-state index in [4.69, 9.17) is 9.47 Å². The maximum atomic E-state index is 13.0. The van der Waals surface area contributed by atoms with Gasteiger partial charge in [0, 0.05) is 24.2 Å². The van der Waals surface area contributed by atoms with Gasteiger partial charge in [-0.05, 0) is 45.7 Å². The van der Waals surface area contributed by atoms with Crippen LogP contribution in [0.2, 0.25) is 0 Å². The molecule has 7 heteroatoms. The third-order valence-electron chi connectivity index (χ3n) is 5.65. The number of anilines is 1. The molecule has 0 fully saturated rings. The molecule has 0 aliphatic carbocycles. The minimum atomic E-state index is -0.947. The minimum Gasteiger partial charge on any atom is -0.467 e. The Morgan fingerprint density at radius 2 is 1.84 bits per heavy atom. The molecular weight excluding hydrogens is 394 g/mol. The zero-order valence-electron chi connectivity index (χ0n) is 18.9. The van der Waals surface area contributed by atoms with E-state index in [2.05, 4.69) is 10.3 Å². The maximum absolute atomic E-state index is 13.0. The first kappa shape index (κ1) is 21.2. The number of imidazole rings is 1. The number of carbonyl (C=O) groups excluding carboxylic acids is 1.